The van der Waals surface area contributed by atoms with Gasteiger partial charge < -0.3 is 14.4 Å². The second-order valence-corrected chi connectivity index (χ2v) is 4.29. The first-order valence-electron chi connectivity index (χ1n) is 5.78. The van der Waals surface area contributed by atoms with Crippen molar-refractivity contribution < 1.29 is 9.84 Å². The summed E-state index contributed by atoms with van der Waals surface area (Å²) in [5.41, 5.74) is 0. The van der Waals surface area contributed by atoms with Crippen molar-refractivity contribution in [2.45, 2.75) is 19.6 Å². The molecule has 1 aromatic heterocycles. The van der Waals surface area contributed by atoms with Gasteiger partial charge in [-0.15, -0.1) is 0 Å². The molecule has 18 heavy (non-hydrogen) atoms. The monoisotopic (exact) mass is 266 g/mol. The first-order valence-corrected chi connectivity index (χ1v) is 6.16. The largest absolute Gasteiger partial charge is 0.490 e. The number of aryl methyl sites for hydroxylation is 1. The van der Waals surface area contributed by atoms with Gasteiger partial charge in [0.15, 0.2) is 0 Å². The maximum atomic E-state index is 10.0. The summed E-state index contributed by atoms with van der Waals surface area (Å²) in [6.45, 7) is 2.91. The molecule has 0 radical (unpaired) electrons. The molecular formula is C13H15ClN2O2. The quantitative estimate of drug-likeness (QED) is 0.905. The van der Waals surface area contributed by atoms with Gasteiger partial charge in [0.25, 0.3) is 0 Å². The second-order valence-electron chi connectivity index (χ2n) is 3.86. The smallest absolute Gasteiger partial charge is 0.146 e. The average molecular weight is 267 g/mol. The van der Waals surface area contributed by atoms with Crippen LogP contribution in [0.1, 0.15) is 18.9 Å². The molecular weight excluding hydrogens is 252 g/mol. The molecule has 0 aliphatic heterocycles. The van der Waals surface area contributed by atoms with Crippen LogP contribution in [0.3, 0.4) is 0 Å². The van der Waals surface area contributed by atoms with Crippen LogP contribution in [0.2, 0.25) is 5.02 Å². The third-order valence-electron chi connectivity index (χ3n) is 2.59. The highest BCUT2D eigenvalue weighted by Crippen LogP contribution is 2.19. The molecule has 0 fully saturated rings. The molecule has 1 atom stereocenters. The number of rotatable bonds is 5. The number of imidazole rings is 1. The zero-order valence-electron chi connectivity index (χ0n) is 10.1. The minimum atomic E-state index is -0.751. The normalized spacial score (nSPS) is 12.4. The summed E-state index contributed by atoms with van der Waals surface area (Å²) in [5, 5.41) is 10.6. The van der Waals surface area contributed by atoms with Gasteiger partial charge in [-0.1, -0.05) is 17.7 Å². The van der Waals surface area contributed by atoms with E-state index in [9.17, 15) is 5.11 Å². The number of ether oxygens (including phenoxy) is 1. The van der Waals surface area contributed by atoms with E-state index >= 15 is 0 Å². The molecule has 0 saturated heterocycles. The van der Waals surface area contributed by atoms with Gasteiger partial charge in [0.05, 0.1) is 0 Å². The lowest BCUT2D eigenvalue weighted by molar-refractivity contribution is 0.0976. The van der Waals surface area contributed by atoms with Crippen molar-refractivity contribution in [1.82, 2.24) is 9.55 Å². The summed E-state index contributed by atoms with van der Waals surface area (Å²) in [4.78, 5) is 4.12. The molecule has 2 rings (SSSR count). The third-order valence-corrected chi connectivity index (χ3v) is 2.83. The maximum Gasteiger partial charge on any atom is 0.146 e. The molecule has 0 aliphatic carbocycles. The van der Waals surface area contributed by atoms with E-state index in [1.165, 1.54) is 0 Å². The van der Waals surface area contributed by atoms with Crippen LogP contribution < -0.4 is 4.74 Å². The molecule has 1 heterocycles. The van der Waals surface area contributed by atoms with Gasteiger partial charge in [-0.05, 0) is 25.1 Å². The minimum absolute atomic E-state index is 0.150. The SMILES string of the molecule is CCn1ccnc1C(O)COc1cccc(Cl)c1. The molecule has 0 aliphatic rings. The summed E-state index contributed by atoms with van der Waals surface area (Å²) in [6, 6.07) is 7.08. The van der Waals surface area contributed by atoms with E-state index in [0.717, 1.165) is 6.54 Å². The van der Waals surface area contributed by atoms with Gasteiger partial charge in [-0.3, -0.25) is 0 Å². The molecule has 1 aromatic carbocycles. The Morgan fingerprint density at radius 3 is 3.06 bits per heavy atom. The van der Waals surface area contributed by atoms with Gasteiger partial charge in [-0.2, -0.15) is 0 Å². The fraction of sp³-hybridized carbons (Fsp3) is 0.308. The van der Waals surface area contributed by atoms with E-state index in [2.05, 4.69) is 4.98 Å². The fourth-order valence-electron chi connectivity index (χ4n) is 1.69. The van der Waals surface area contributed by atoms with Crippen molar-refractivity contribution in [3.63, 3.8) is 0 Å². The predicted molar refractivity (Wildman–Crippen MR) is 69.8 cm³/mol. The number of hydrogen-bond acceptors (Lipinski definition) is 3. The van der Waals surface area contributed by atoms with Crippen LogP contribution in [0.4, 0.5) is 0 Å². The Morgan fingerprint density at radius 2 is 2.33 bits per heavy atom. The van der Waals surface area contributed by atoms with Crippen LogP contribution in [-0.4, -0.2) is 21.3 Å². The van der Waals surface area contributed by atoms with E-state index < -0.39 is 6.10 Å². The average Bonchev–Trinajstić information content (AvgIpc) is 2.84. The Hall–Kier alpha value is -1.52. The summed E-state index contributed by atoms with van der Waals surface area (Å²) in [6.07, 6.45) is 2.75. The van der Waals surface area contributed by atoms with Gasteiger partial charge >= 0.3 is 0 Å². The lowest BCUT2D eigenvalue weighted by Gasteiger charge is -2.13. The van der Waals surface area contributed by atoms with Crippen molar-refractivity contribution in [3.05, 3.63) is 47.5 Å². The van der Waals surface area contributed by atoms with Crippen LogP contribution in [0.25, 0.3) is 0 Å². The molecule has 96 valence electrons. The topological polar surface area (TPSA) is 47.3 Å². The molecule has 5 heteroatoms. The summed E-state index contributed by atoms with van der Waals surface area (Å²) < 4.78 is 7.37. The number of hydrogen-bond donors (Lipinski definition) is 1. The zero-order chi connectivity index (χ0) is 13.0. The Labute approximate surface area is 111 Å². The molecule has 4 nitrogen and oxygen atoms in total. The van der Waals surface area contributed by atoms with Crippen molar-refractivity contribution in [1.29, 1.82) is 0 Å². The summed E-state index contributed by atoms with van der Waals surface area (Å²) in [5.74, 6) is 1.25. The van der Waals surface area contributed by atoms with Crippen LogP contribution in [0, 0.1) is 0 Å². The molecule has 0 saturated carbocycles. The summed E-state index contributed by atoms with van der Waals surface area (Å²) in [7, 11) is 0. The van der Waals surface area contributed by atoms with Crippen molar-refractivity contribution in [2.75, 3.05) is 6.61 Å². The molecule has 2 aromatic rings. The van der Waals surface area contributed by atoms with Crippen molar-refractivity contribution in [2.24, 2.45) is 0 Å². The van der Waals surface area contributed by atoms with Crippen molar-refractivity contribution in [3.8, 4) is 5.75 Å². The maximum absolute atomic E-state index is 10.0. The highest BCUT2D eigenvalue weighted by atomic mass is 35.5. The first kappa shape index (κ1) is 12.9. The Bertz CT molecular complexity index is 513. The predicted octanol–water partition coefficient (Wildman–Crippen LogP) is 2.67. The standard InChI is InChI=1S/C13H15ClN2O2/c1-2-16-7-6-15-13(16)12(17)9-18-11-5-3-4-10(14)8-11/h3-8,12,17H,2,9H2,1H3. The lowest BCUT2D eigenvalue weighted by Crippen LogP contribution is -2.15. The van der Waals surface area contributed by atoms with Gasteiger partial charge in [-0.25, -0.2) is 4.98 Å². The number of aromatic nitrogens is 2. The molecule has 1 unspecified atom stereocenters. The number of halogens is 1. The Kier molecular flexibility index (Phi) is 4.23. The second kappa shape index (κ2) is 5.89. The van der Waals surface area contributed by atoms with Crippen LogP contribution in [-0.2, 0) is 6.54 Å². The van der Waals surface area contributed by atoms with E-state index in [0.29, 0.717) is 16.6 Å². The highest BCUT2D eigenvalue weighted by Gasteiger charge is 2.14. The molecule has 0 spiro atoms. The highest BCUT2D eigenvalue weighted by molar-refractivity contribution is 6.30. The third kappa shape index (κ3) is 3.03. The number of benzene rings is 1. The van der Waals surface area contributed by atoms with Crippen LogP contribution >= 0.6 is 11.6 Å². The molecule has 1 N–H and O–H groups in total. The van der Waals surface area contributed by atoms with Gasteiger partial charge in [0, 0.05) is 24.0 Å². The Balaban J connectivity index is 1.98. The minimum Gasteiger partial charge on any atom is -0.490 e. The van der Waals surface area contributed by atoms with E-state index in [1.807, 2.05) is 17.7 Å². The van der Waals surface area contributed by atoms with E-state index in [1.54, 1.807) is 30.5 Å². The number of aliphatic hydroxyl groups excluding tert-OH is 1. The molecule has 0 bridgehead atoms. The lowest BCUT2D eigenvalue weighted by atomic mass is 10.3. The summed E-state index contributed by atoms with van der Waals surface area (Å²) >= 11 is 5.85. The zero-order valence-corrected chi connectivity index (χ0v) is 10.8. The fourth-order valence-corrected chi connectivity index (χ4v) is 1.87. The van der Waals surface area contributed by atoms with Gasteiger partial charge in [0.1, 0.15) is 24.3 Å². The molecule has 0 amide bonds. The van der Waals surface area contributed by atoms with Crippen LogP contribution in [0.5, 0.6) is 5.75 Å². The van der Waals surface area contributed by atoms with Crippen LogP contribution in [0.15, 0.2) is 36.7 Å². The van der Waals surface area contributed by atoms with Crippen molar-refractivity contribution >= 4 is 11.6 Å². The first-order chi connectivity index (χ1) is 8.70. The van der Waals surface area contributed by atoms with E-state index in [-0.39, 0.29) is 6.61 Å². The number of nitrogens with zero attached hydrogens (tertiary/aromatic N) is 2. The van der Waals surface area contributed by atoms with E-state index in [4.69, 9.17) is 16.3 Å². The Morgan fingerprint density at radius 1 is 1.50 bits per heavy atom. The number of aliphatic hydroxyl groups is 1. The van der Waals surface area contributed by atoms with Gasteiger partial charge in [0.2, 0.25) is 0 Å².